The number of fused-ring (bicyclic) bond motifs is 1. The van der Waals surface area contributed by atoms with E-state index in [0.717, 1.165) is 22.5 Å². The lowest BCUT2D eigenvalue weighted by Gasteiger charge is -2.14. The Morgan fingerprint density at radius 1 is 1.08 bits per heavy atom. The summed E-state index contributed by atoms with van der Waals surface area (Å²) in [6.07, 6.45) is 1.72. The Morgan fingerprint density at radius 3 is 2.58 bits per heavy atom. The Hall–Kier alpha value is -3.24. The Bertz CT molecular complexity index is 1570. The van der Waals surface area contributed by atoms with Gasteiger partial charge in [0.15, 0.2) is 5.58 Å². The van der Waals surface area contributed by atoms with Crippen LogP contribution < -0.4 is 9.68 Å². The Balaban J connectivity index is 1.30. The number of nitrogens with zero attached hydrogens (tertiary/aromatic N) is 1. The fourth-order valence-electron chi connectivity index (χ4n) is 3.63. The zero-order chi connectivity index (χ0) is 25.2. The lowest BCUT2D eigenvalue weighted by molar-refractivity contribution is -0.134. The number of hydrogen-bond acceptors (Lipinski definition) is 8. The first-order valence-electron chi connectivity index (χ1n) is 10.7. The van der Waals surface area contributed by atoms with Gasteiger partial charge in [0.25, 0.3) is 5.91 Å². The number of thiocarbonyl (C=S) groups is 1. The number of carbonyl (C=O) groups is 2. The smallest absolute Gasteiger partial charge is 0.396 e. The van der Waals surface area contributed by atoms with Gasteiger partial charge in [-0.15, -0.1) is 0 Å². The van der Waals surface area contributed by atoms with Gasteiger partial charge in [-0.25, -0.2) is 4.79 Å². The first-order valence-corrected chi connectivity index (χ1v) is 13.1. The average molecular weight is 554 g/mol. The normalized spacial score (nSPS) is 14.7. The lowest BCUT2D eigenvalue weighted by atomic mass is 10.0. The van der Waals surface area contributed by atoms with Crippen molar-refractivity contribution in [3.05, 3.63) is 92.0 Å². The van der Waals surface area contributed by atoms with Gasteiger partial charge in [-0.3, -0.25) is 14.5 Å². The van der Waals surface area contributed by atoms with E-state index in [0.29, 0.717) is 30.1 Å². The highest BCUT2D eigenvalue weighted by molar-refractivity contribution is 8.26. The molecule has 10 heteroatoms. The number of esters is 1. The number of amides is 1. The summed E-state index contributed by atoms with van der Waals surface area (Å²) in [4.78, 5) is 38.8. The van der Waals surface area contributed by atoms with Crippen molar-refractivity contribution in [2.24, 2.45) is 0 Å². The van der Waals surface area contributed by atoms with E-state index in [1.165, 1.54) is 16.7 Å². The van der Waals surface area contributed by atoms with E-state index in [4.69, 9.17) is 33.0 Å². The number of halogens is 1. The van der Waals surface area contributed by atoms with Crippen molar-refractivity contribution in [1.82, 2.24) is 4.90 Å². The van der Waals surface area contributed by atoms with E-state index in [1.54, 1.807) is 42.5 Å². The van der Waals surface area contributed by atoms with Crippen LogP contribution in [0.3, 0.4) is 0 Å². The number of benzene rings is 3. The summed E-state index contributed by atoms with van der Waals surface area (Å²) in [5.41, 5.74) is 2.67. The summed E-state index contributed by atoms with van der Waals surface area (Å²) in [5, 5.41) is 0.568. The summed E-state index contributed by atoms with van der Waals surface area (Å²) < 4.78 is 11.9. The number of hydrogen-bond donors (Lipinski definition) is 0. The highest BCUT2D eigenvalue weighted by Gasteiger charge is 2.32. The minimum Gasteiger partial charge on any atom is -0.426 e. The van der Waals surface area contributed by atoms with Crippen molar-refractivity contribution >= 4 is 79.5 Å². The molecular formula is C26H16ClNO5S3. The molecule has 1 fully saturated rings. The van der Waals surface area contributed by atoms with Crippen molar-refractivity contribution in [2.75, 3.05) is 6.54 Å². The van der Waals surface area contributed by atoms with Gasteiger partial charge >= 0.3 is 10.9 Å². The molecule has 0 atom stereocenters. The van der Waals surface area contributed by atoms with Crippen molar-refractivity contribution in [2.45, 2.75) is 6.42 Å². The molecule has 6 nitrogen and oxygen atoms in total. The molecular weight excluding hydrogens is 538 g/mol. The summed E-state index contributed by atoms with van der Waals surface area (Å²) in [6, 6.07) is 19.7. The summed E-state index contributed by atoms with van der Waals surface area (Å²) >= 11 is 13.5. The average Bonchev–Trinajstić information content (AvgIpc) is 3.36. The van der Waals surface area contributed by atoms with Gasteiger partial charge in [0.05, 0.1) is 16.0 Å². The second-order valence-corrected chi connectivity index (χ2v) is 10.8. The van der Waals surface area contributed by atoms with Crippen LogP contribution in [0, 0.1) is 0 Å². The van der Waals surface area contributed by atoms with Crippen molar-refractivity contribution in [3.8, 4) is 16.9 Å². The quantitative estimate of drug-likeness (QED) is 0.119. The molecule has 0 saturated carbocycles. The second-order valence-electron chi connectivity index (χ2n) is 7.73. The largest absolute Gasteiger partial charge is 0.426 e. The van der Waals surface area contributed by atoms with E-state index in [1.807, 2.05) is 30.3 Å². The second kappa shape index (κ2) is 10.4. The van der Waals surface area contributed by atoms with Crippen LogP contribution in [0.15, 0.2) is 80.8 Å². The lowest BCUT2D eigenvalue weighted by Crippen LogP contribution is -2.31. The molecule has 1 aliphatic rings. The van der Waals surface area contributed by atoms with Crippen LogP contribution in [0.4, 0.5) is 0 Å². The van der Waals surface area contributed by atoms with Gasteiger partial charge < -0.3 is 9.15 Å². The van der Waals surface area contributed by atoms with Gasteiger partial charge in [0.2, 0.25) is 0 Å². The van der Waals surface area contributed by atoms with Crippen LogP contribution in [-0.2, 0) is 9.59 Å². The van der Waals surface area contributed by atoms with E-state index < -0.39 is 10.9 Å². The maximum absolute atomic E-state index is 12.8. The molecule has 4 aromatic rings. The number of thioether (sulfide) groups is 1. The molecule has 1 amide bonds. The van der Waals surface area contributed by atoms with Gasteiger partial charge in [-0.05, 0) is 35.4 Å². The minimum absolute atomic E-state index is 0.0546. The fourth-order valence-corrected chi connectivity index (χ4v) is 5.79. The monoisotopic (exact) mass is 553 g/mol. The van der Waals surface area contributed by atoms with Crippen LogP contribution in [-0.4, -0.2) is 27.6 Å². The van der Waals surface area contributed by atoms with Crippen molar-refractivity contribution in [3.63, 3.8) is 0 Å². The molecule has 0 bridgehead atoms. The summed E-state index contributed by atoms with van der Waals surface area (Å²) in [6.45, 7) is 0.0982. The van der Waals surface area contributed by atoms with Crippen LogP contribution in [0.1, 0.15) is 12.0 Å². The third-order valence-corrected chi connectivity index (χ3v) is 7.71. The molecule has 1 aliphatic heterocycles. The molecule has 1 aromatic heterocycles. The zero-order valence-electron chi connectivity index (χ0n) is 18.4. The van der Waals surface area contributed by atoms with Crippen LogP contribution in [0.2, 0.25) is 5.02 Å². The predicted molar refractivity (Wildman–Crippen MR) is 147 cm³/mol. The zero-order valence-corrected chi connectivity index (χ0v) is 21.6. The first-order chi connectivity index (χ1) is 17.4. The molecule has 0 unspecified atom stereocenters. The third-order valence-electron chi connectivity index (χ3n) is 5.30. The fraction of sp³-hybridized carbons (Fsp3) is 0.0769. The number of ether oxygens (including phenoxy) is 1. The molecule has 0 radical (unpaired) electrons. The van der Waals surface area contributed by atoms with E-state index in [9.17, 15) is 14.4 Å². The van der Waals surface area contributed by atoms with Crippen LogP contribution >= 0.6 is 46.9 Å². The Labute approximate surface area is 224 Å². The molecule has 180 valence electrons. The van der Waals surface area contributed by atoms with E-state index in [-0.39, 0.29) is 24.6 Å². The molecule has 36 heavy (non-hydrogen) atoms. The summed E-state index contributed by atoms with van der Waals surface area (Å²) in [5.74, 6) is -0.506. The third kappa shape index (κ3) is 5.29. The molecule has 0 spiro atoms. The Morgan fingerprint density at radius 2 is 1.83 bits per heavy atom. The molecule has 0 aliphatic carbocycles. The van der Waals surface area contributed by atoms with Gasteiger partial charge in [0.1, 0.15) is 10.1 Å². The maximum Gasteiger partial charge on any atom is 0.396 e. The van der Waals surface area contributed by atoms with Crippen molar-refractivity contribution in [1.29, 1.82) is 0 Å². The number of carbonyl (C=O) groups excluding carboxylic acids is 2. The standard InChI is InChI=1S/C26H16ClNO5S3/c27-17-8-6-16(7-9-17)19-13-18(14-20-23(19)33-26(31)36-20)32-22(29)10-11-28-24(30)21(35-25(28)34)12-15-4-2-1-3-5-15/h1-9,12-14H,10-11H2. The molecule has 1 saturated heterocycles. The summed E-state index contributed by atoms with van der Waals surface area (Å²) in [7, 11) is 0. The van der Waals surface area contributed by atoms with Crippen molar-refractivity contribution < 1.29 is 18.7 Å². The van der Waals surface area contributed by atoms with Crippen LogP contribution in [0.5, 0.6) is 5.75 Å². The van der Waals surface area contributed by atoms with E-state index >= 15 is 0 Å². The Kier molecular flexibility index (Phi) is 7.06. The topological polar surface area (TPSA) is 76.8 Å². The number of rotatable bonds is 6. The van der Waals surface area contributed by atoms with E-state index in [2.05, 4.69) is 0 Å². The first kappa shape index (κ1) is 24.5. The van der Waals surface area contributed by atoms with Gasteiger partial charge in [0, 0.05) is 23.2 Å². The SMILES string of the molecule is O=C(CCN1C(=O)C(=Cc2ccccc2)SC1=S)Oc1cc(-c2ccc(Cl)cc2)c2oc(=O)sc2c1. The molecule has 5 rings (SSSR count). The van der Waals surface area contributed by atoms with Gasteiger partial charge in [-0.1, -0.05) is 89.4 Å². The molecule has 0 N–H and O–H groups in total. The highest BCUT2D eigenvalue weighted by Crippen LogP contribution is 2.35. The minimum atomic E-state index is -0.534. The van der Waals surface area contributed by atoms with Gasteiger partial charge in [-0.2, -0.15) is 0 Å². The van der Waals surface area contributed by atoms with Crippen LogP contribution in [0.25, 0.3) is 27.5 Å². The molecule has 3 aromatic carbocycles. The predicted octanol–water partition coefficient (Wildman–Crippen LogP) is 6.37. The highest BCUT2D eigenvalue weighted by atomic mass is 35.5. The molecule has 2 heterocycles. The maximum atomic E-state index is 12.8.